The van der Waals surface area contributed by atoms with Gasteiger partial charge in [-0.05, 0) is 19.0 Å². The Morgan fingerprint density at radius 2 is 2.33 bits per heavy atom. The fourth-order valence-electron chi connectivity index (χ4n) is 2.46. The van der Waals surface area contributed by atoms with Gasteiger partial charge in [0.25, 0.3) is 0 Å². The molecule has 100 valence electrons. The van der Waals surface area contributed by atoms with Crippen molar-refractivity contribution in [1.82, 2.24) is 16.0 Å². The molecule has 2 heterocycles. The lowest BCUT2D eigenvalue weighted by atomic mass is 10.0. The molecule has 2 aliphatic heterocycles. The average molecular weight is 269 g/mol. The smallest absolute Gasteiger partial charge is 0.315 e. The molecule has 18 heavy (non-hydrogen) atoms. The van der Waals surface area contributed by atoms with Crippen LogP contribution in [0.15, 0.2) is 12.8 Å². The maximum atomic E-state index is 11.2. The van der Waals surface area contributed by atoms with E-state index in [0.717, 1.165) is 25.0 Å². The summed E-state index contributed by atoms with van der Waals surface area (Å²) in [7, 11) is 0. The van der Waals surface area contributed by atoms with Gasteiger partial charge in [-0.3, -0.25) is 4.79 Å². The normalized spacial score (nSPS) is 29.3. The largest absolute Gasteiger partial charge is 0.333 e. The average Bonchev–Trinajstić information content (AvgIpc) is 2.85. The number of fused-ring (bicyclic) bond motifs is 1. The summed E-state index contributed by atoms with van der Waals surface area (Å²) in [5.74, 6) is 1.02. The first kappa shape index (κ1) is 13.3. The van der Waals surface area contributed by atoms with E-state index in [0.29, 0.717) is 11.7 Å². The summed E-state index contributed by atoms with van der Waals surface area (Å²) >= 11 is 1.91. The topological polar surface area (TPSA) is 70.2 Å². The van der Waals surface area contributed by atoms with Gasteiger partial charge in [0, 0.05) is 17.4 Å². The zero-order chi connectivity index (χ0) is 13.0. The van der Waals surface area contributed by atoms with Crippen molar-refractivity contribution in [2.24, 2.45) is 0 Å². The van der Waals surface area contributed by atoms with Crippen molar-refractivity contribution in [2.75, 3.05) is 5.75 Å². The zero-order valence-electron chi connectivity index (χ0n) is 10.3. The number of thioether (sulfide) groups is 1. The van der Waals surface area contributed by atoms with E-state index in [9.17, 15) is 9.59 Å². The number of rotatable bonds is 6. The molecule has 0 aromatic carbocycles. The van der Waals surface area contributed by atoms with Gasteiger partial charge in [-0.2, -0.15) is 11.8 Å². The highest BCUT2D eigenvalue weighted by Gasteiger charge is 2.42. The van der Waals surface area contributed by atoms with Crippen LogP contribution in [0.5, 0.6) is 0 Å². The number of carbonyl (C=O) groups is 2. The molecule has 0 aliphatic carbocycles. The van der Waals surface area contributed by atoms with Gasteiger partial charge in [0.2, 0.25) is 5.91 Å². The summed E-state index contributed by atoms with van der Waals surface area (Å²) in [6, 6.07) is 0.515. The van der Waals surface area contributed by atoms with Crippen LogP contribution < -0.4 is 16.0 Å². The summed E-state index contributed by atoms with van der Waals surface area (Å²) in [5, 5.41) is 8.95. The highest BCUT2D eigenvalue weighted by atomic mass is 32.2. The standard InChI is InChI=1S/C12H19N3O2S/c1-2-13-10(16)6-4-3-5-9-11-8(7-18-9)14-12(17)15-11/h2,8-9,11H,1,3-7H2,(H,13,16)(H2,14,15,17)/t8-,9-,11-/m0/s1. The Kier molecular flexibility index (Phi) is 4.52. The summed E-state index contributed by atoms with van der Waals surface area (Å²) in [6.45, 7) is 3.45. The molecule has 0 unspecified atom stereocenters. The molecular weight excluding hydrogens is 250 g/mol. The Morgan fingerprint density at radius 3 is 3.11 bits per heavy atom. The fourth-order valence-corrected chi connectivity index (χ4v) is 4.00. The first-order chi connectivity index (χ1) is 8.70. The van der Waals surface area contributed by atoms with Crippen LogP contribution in [0.3, 0.4) is 0 Å². The van der Waals surface area contributed by atoms with Crippen LogP contribution in [0.2, 0.25) is 0 Å². The van der Waals surface area contributed by atoms with E-state index in [1.807, 2.05) is 11.8 Å². The number of amides is 3. The van der Waals surface area contributed by atoms with E-state index in [2.05, 4.69) is 22.5 Å². The minimum absolute atomic E-state index is 0.0257. The molecule has 0 radical (unpaired) electrons. The molecular formula is C12H19N3O2S. The van der Waals surface area contributed by atoms with Crippen LogP contribution in [0.4, 0.5) is 4.79 Å². The summed E-state index contributed by atoms with van der Waals surface area (Å²) in [6.07, 6.45) is 4.91. The molecule has 2 rings (SSSR count). The van der Waals surface area contributed by atoms with Gasteiger partial charge < -0.3 is 16.0 Å². The highest BCUT2D eigenvalue weighted by Crippen LogP contribution is 2.33. The molecule has 0 bridgehead atoms. The number of carbonyl (C=O) groups excluding carboxylic acids is 2. The molecule has 0 saturated carbocycles. The predicted molar refractivity (Wildman–Crippen MR) is 72.3 cm³/mol. The van der Waals surface area contributed by atoms with Crippen LogP contribution >= 0.6 is 11.8 Å². The molecule has 2 saturated heterocycles. The minimum Gasteiger partial charge on any atom is -0.333 e. The number of nitrogens with one attached hydrogen (secondary N) is 3. The monoisotopic (exact) mass is 269 g/mol. The number of hydrogen-bond acceptors (Lipinski definition) is 3. The summed E-state index contributed by atoms with van der Waals surface area (Å²) in [4.78, 5) is 22.4. The number of urea groups is 1. The molecule has 2 aliphatic rings. The van der Waals surface area contributed by atoms with Crippen molar-refractivity contribution in [3.63, 3.8) is 0 Å². The van der Waals surface area contributed by atoms with Gasteiger partial charge in [-0.25, -0.2) is 4.79 Å². The lowest BCUT2D eigenvalue weighted by Crippen LogP contribution is -2.36. The van der Waals surface area contributed by atoms with E-state index in [-0.39, 0.29) is 24.0 Å². The lowest BCUT2D eigenvalue weighted by molar-refractivity contribution is -0.120. The van der Waals surface area contributed by atoms with Crippen LogP contribution in [0, 0.1) is 0 Å². The van der Waals surface area contributed by atoms with E-state index in [1.165, 1.54) is 6.20 Å². The van der Waals surface area contributed by atoms with Crippen molar-refractivity contribution in [3.8, 4) is 0 Å². The first-order valence-corrected chi connectivity index (χ1v) is 7.34. The van der Waals surface area contributed by atoms with Gasteiger partial charge in [-0.1, -0.05) is 13.0 Å². The third kappa shape index (κ3) is 3.19. The van der Waals surface area contributed by atoms with Crippen molar-refractivity contribution < 1.29 is 9.59 Å². The zero-order valence-corrected chi connectivity index (χ0v) is 11.1. The lowest BCUT2D eigenvalue weighted by Gasteiger charge is -2.16. The summed E-state index contributed by atoms with van der Waals surface area (Å²) in [5.41, 5.74) is 0. The molecule has 3 atom stereocenters. The molecule has 5 nitrogen and oxygen atoms in total. The second-order valence-corrected chi connectivity index (χ2v) is 5.91. The molecule has 3 amide bonds. The number of hydrogen-bond donors (Lipinski definition) is 3. The number of unbranched alkanes of at least 4 members (excludes halogenated alkanes) is 1. The van der Waals surface area contributed by atoms with Gasteiger partial charge >= 0.3 is 6.03 Å². The van der Waals surface area contributed by atoms with E-state index < -0.39 is 0 Å². The van der Waals surface area contributed by atoms with Crippen LogP contribution in [-0.2, 0) is 4.79 Å². The second-order valence-electron chi connectivity index (χ2n) is 4.64. The first-order valence-electron chi connectivity index (χ1n) is 6.29. The summed E-state index contributed by atoms with van der Waals surface area (Å²) < 4.78 is 0. The van der Waals surface area contributed by atoms with Crippen molar-refractivity contribution >= 4 is 23.7 Å². The Labute approximate surface area is 111 Å². The van der Waals surface area contributed by atoms with Crippen LogP contribution in [0.25, 0.3) is 0 Å². The molecule has 0 aromatic rings. The second kappa shape index (κ2) is 6.13. The van der Waals surface area contributed by atoms with E-state index in [4.69, 9.17) is 0 Å². The molecule has 0 spiro atoms. The van der Waals surface area contributed by atoms with Crippen LogP contribution in [-0.4, -0.2) is 35.0 Å². The Hall–Kier alpha value is -1.17. The molecule has 3 N–H and O–H groups in total. The third-order valence-electron chi connectivity index (χ3n) is 3.34. The molecule has 0 aromatic heterocycles. The Morgan fingerprint density at radius 1 is 1.50 bits per heavy atom. The maximum Gasteiger partial charge on any atom is 0.315 e. The minimum atomic E-state index is -0.0411. The van der Waals surface area contributed by atoms with Gasteiger partial charge in [-0.15, -0.1) is 0 Å². The quantitative estimate of drug-likeness (QED) is 0.497. The van der Waals surface area contributed by atoms with Crippen molar-refractivity contribution in [2.45, 2.75) is 43.0 Å². The third-order valence-corrected chi connectivity index (χ3v) is 4.85. The SMILES string of the molecule is C=CNC(=O)CCCC[C@@H]1SC[C@@H]2NC(=O)N[C@@H]21. The van der Waals surface area contributed by atoms with Gasteiger partial charge in [0.15, 0.2) is 0 Å². The van der Waals surface area contributed by atoms with E-state index in [1.54, 1.807) is 0 Å². The molecule has 6 heteroatoms. The Balaban J connectivity index is 1.64. The fraction of sp³-hybridized carbons (Fsp3) is 0.667. The van der Waals surface area contributed by atoms with Crippen LogP contribution in [0.1, 0.15) is 25.7 Å². The maximum absolute atomic E-state index is 11.2. The van der Waals surface area contributed by atoms with Crippen molar-refractivity contribution in [1.29, 1.82) is 0 Å². The molecule has 2 fully saturated rings. The van der Waals surface area contributed by atoms with Gasteiger partial charge in [0.05, 0.1) is 12.1 Å². The Bertz CT molecular complexity index is 348. The van der Waals surface area contributed by atoms with Gasteiger partial charge in [0.1, 0.15) is 0 Å². The van der Waals surface area contributed by atoms with E-state index >= 15 is 0 Å². The highest BCUT2D eigenvalue weighted by molar-refractivity contribution is 8.00. The van der Waals surface area contributed by atoms with Crippen molar-refractivity contribution in [3.05, 3.63) is 12.8 Å². The predicted octanol–water partition coefficient (Wildman–Crippen LogP) is 0.972.